The highest BCUT2D eigenvalue weighted by molar-refractivity contribution is 8.07. The second kappa shape index (κ2) is 6.87. The zero-order valence-electron chi connectivity index (χ0n) is 5.69. The fourth-order valence-corrected chi connectivity index (χ4v) is 4.70. The van der Waals surface area contributed by atoms with Crippen molar-refractivity contribution in [2.45, 2.75) is 17.9 Å². The molecule has 0 N–H and O–H groups in total. The van der Waals surface area contributed by atoms with Crippen LogP contribution in [0.5, 0.6) is 0 Å². The first-order valence-electron chi connectivity index (χ1n) is 3.31. The van der Waals surface area contributed by atoms with Crippen LogP contribution in [0.3, 0.4) is 0 Å². The minimum atomic E-state index is 0. The van der Waals surface area contributed by atoms with Gasteiger partial charge in [-0.3, -0.25) is 0 Å². The van der Waals surface area contributed by atoms with E-state index in [1.165, 1.54) is 11.5 Å². The molecule has 0 amide bonds. The molecule has 0 radical (unpaired) electrons. The van der Waals surface area contributed by atoms with E-state index in [4.69, 9.17) is 0 Å². The summed E-state index contributed by atoms with van der Waals surface area (Å²) >= 11 is 12.6. The van der Waals surface area contributed by atoms with Gasteiger partial charge in [-0.2, -0.15) is 48.8 Å². The lowest BCUT2D eigenvalue weighted by molar-refractivity contribution is 1.06. The molecule has 1 fully saturated rings. The van der Waals surface area contributed by atoms with E-state index in [-0.39, 0.29) is 7.43 Å². The van der Waals surface area contributed by atoms with Crippen LogP contribution in [0, 0.1) is 0 Å². The quantitative estimate of drug-likeness (QED) is 0.698. The molecule has 1 saturated heterocycles. The van der Waals surface area contributed by atoms with Crippen molar-refractivity contribution in [2.24, 2.45) is 0 Å². The largest absolute Gasteiger partial charge is 0.178 e. The summed E-state index contributed by atoms with van der Waals surface area (Å²) in [5, 5.41) is 1.56. The van der Waals surface area contributed by atoms with Crippen molar-refractivity contribution in [1.29, 1.82) is 0 Å². The number of thiol groups is 2. The van der Waals surface area contributed by atoms with Crippen LogP contribution in [0.1, 0.15) is 7.43 Å². The van der Waals surface area contributed by atoms with Crippen LogP contribution in [0.2, 0.25) is 0 Å². The maximum Gasteiger partial charge on any atom is 0.0226 e. The summed E-state index contributed by atoms with van der Waals surface area (Å²) in [4.78, 5) is 0. The van der Waals surface area contributed by atoms with Crippen molar-refractivity contribution in [2.75, 3.05) is 23.0 Å². The first-order valence-corrected chi connectivity index (χ1v) is 6.68. The molecular formula is C7H16S4. The molecule has 0 aromatic heterocycles. The van der Waals surface area contributed by atoms with E-state index in [2.05, 4.69) is 25.3 Å². The summed E-state index contributed by atoms with van der Waals surface area (Å²) < 4.78 is 0. The zero-order chi connectivity index (χ0) is 7.40. The SMILES string of the molecule is C.SCC1CSC(CS)CS1. The van der Waals surface area contributed by atoms with Gasteiger partial charge in [0.15, 0.2) is 0 Å². The predicted octanol–water partition coefficient (Wildman–Crippen LogP) is 2.70. The average molecular weight is 228 g/mol. The smallest absolute Gasteiger partial charge is 0.0226 e. The summed E-state index contributed by atoms with van der Waals surface area (Å²) in [6.45, 7) is 0. The van der Waals surface area contributed by atoms with Crippen molar-refractivity contribution in [3.8, 4) is 0 Å². The van der Waals surface area contributed by atoms with Crippen molar-refractivity contribution < 1.29 is 0 Å². The highest BCUT2D eigenvalue weighted by Crippen LogP contribution is 2.30. The van der Waals surface area contributed by atoms with Crippen molar-refractivity contribution >= 4 is 48.8 Å². The summed E-state index contributed by atoms with van der Waals surface area (Å²) in [6.07, 6.45) is 0. The Hall–Kier alpha value is 1.40. The summed E-state index contributed by atoms with van der Waals surface area (Å²) in [5.41, 5.74) is 0. The molecule has 1 aliphatic rings. The van der Waals surface area contributed by atoms with Gasteiger partial charge in [0.25, 0.3) is 0 Å². The van der Waals surface area contributed by atoms with Crippen LogP contribution >= 0.6 is 48.8 Å². The summed E-state index contributed by atoms with van der Waals surface area (Å²) in [6, 6.07) is 0. The van der Waals surface area contributed by atoms with Crippen LogP contribution in [0.4, 0.5) is 0 Å². The van der Waals surface area contributed by atoms with Gasteiger partial charge in [0.05, 0.1) is 0 Å². The second-order valence-corrected chi connectivity index (χ2v) is 5.67. The van der Waals surface area contributed by atoms with E-state index in [0.29, 0.717) is 0 Å². The first-order chi connectivity index (χ1) is 4.86. The number of hydrogen-bond acceptors (Lipinski definition) is 4. The van der Waals surface area contributed by atoms with E-state index in [0.717, 1.165) is 22.0 Å². The predicted molar refractivity (Wildman–Crippen MR) is 66.9 cm³/mol. The normalized spacial score (nSPS) is 31.1. The van der Waals surface area contributed by atoms with Gasteiger partial charge in [0.2, 0.25) is 0 Å². The molecule has 0 nitrogen and oxygen atoms in total. The topological polar surface area (TPSA) is 0 Å². The van der Waals surface area contributed by atoms with Crippen LogP contribution in [-0.2, 0) is 0 Å². The Morgan fingerprint density at radius 3 is 1.55 bits per heavy atom. The summed E-state index contributed by atoms with van der Waals surface area (Å²) in [7, 11) is 0. The third kappa shape index (κ3) is 4.25. The van der Waals surface area contributed by atoms with Gasteiger partial charge in [0.1, 0.15) is 0 Å². The Morgan fingerprint density at radius 1 is 1.00 bits per heavy atom. The molecule has 2 unspecified atom stereocenters. The van der Waals surface area contributed by atoms with Crippen LogP contribution < -0.4 is 0 Å². The lowest BCUT2D eigenvalue weighted by atomic mass is 10.5. The van der Waals surface area contributed by atoms with Crippen molar-refractivity contribution in [3.63, 3.8) is 0 Å². The number of hydrogen-bond donors (Lipinski definition) is 2. The van der Waals surface area contributed by atoms with Gasteiger partial charge in [0, 0.05) is 33.5 Å². The van der Waals surface area contributed by atoms with Crippen LogP contribution in [0.15, 0.2) is 0 Å². The minimum Gasteiger partial charge on any atom is -0.178 e. The van der Waals surface area contributed by atoms with Crippen LogP contribution in [0.25, 0.3) is 0 Å². The van der Waals surface area contributed by atoms with E-state index in [1.807, 2.05) is 23.5 Å². The summed E-state index contributed by atoms with van der Waals surface area (Å²) in [5.74, 6) is 4.58. The molecule has 1 heterocycles. The van der Waals surface area contributed by atoms with Gasteiger partial charge >= 0.3 is 0 Å². The molecule has 0 aromatic carbocycles. The third-order valence-corrected chi connectivity index (χ3v) is 6.04. The fourth-order valence-electron chi connectivity index (χ4n) is 0.794. The highest BCUT2D eigenvalue weighted by atomic mass is 32.2. The molecule has 68 valence electrons. The Morgan fingerprint density at radius 2 is 1.36 bits per heavy atom. The lowest BCUT2D eigenvalue weighted by Gasteiger charge is -2.25. The number of thioether (sulfide) groups is 2. The molecular weight excluding hydrogens is 212 g/mol. The van der Waals surface area contributed by atoms with Crippen LogP contribution in [-0.4, -0.2) is 33.5 Å². The molecule has 2 atom stereocenters. The number of rotatable bonds is 2. The second-order valence-electron chi connectivity index (χ2n) is 2.28. The first kappa shape index (κ1) is 12.4. The minimum absolute atomic E-state index is 0. The Bertz CT molecular complexity index is 76.4. The molecule has 1 rings (SSSR count). The molecule has 1 aliphatic heterocycles. The third-order valence-electron chi connectivity index (χ3n) is 1.44. The Labute approximate surface area is 89.5 Å². The Kier molecular flexibility index (Phi) is 7.74. The molecule has 0 bridgehead atoms. The van der Waals surface area contributed by atoms with E-state index >= 15 is 0 Å². The van der Waals surface area contributed by atoms with E-state index in [1.54, 1.807) is 0 Å². The highest BCUT2D eigenvalue weighted by Gasteiger charge is 2.19. The van der Waals surface area contributed by atoms with E-state index < -0.39 is 0 Å². The molecule has 0 aromatic rings. The monoisotopic (exact) mass is 228 g/mol. The average Bonchev–Trinajstić information content (AvgIpc) is 2.05. The van der Waals surface area contributed by atoms with Crippen molar-refractivity contribution in [3.05, 3.63) is 0 Å². The fraction of sp³-hybridized carbons (Fsp3) is 1.00. The standard InChI is InChI=1S/C6H12S4.CH4/c7-1-5-3-10-6(2-8)4-9-5;/h5-8H,1-4H2;1H4. The van der Waals surface area contributed by atoms with E-state index in [9.17, 15) is 0 Å². The van der Waals surface area contributed by atoms with Gasteiger partial charge in [-0.05, 0) is 0 Å². The molecule has 0 saturated carbocycles. The zero-order valence-corrected chi connectivity index (χ0v) is 9.12. The maximum absolute atomic E-state index is 4.27. The lowest BCUT2D eigenvalue weighted by Crippen LogP contribution is -2.23. The van der Waals surface area contributed by atoms with Gasteiger partial charge < -0.3 is 0 Å². The van der Waals surface area contributed by atoms with Gasteiger partial charge in [-0.1, -0.05) is 7.43 Å². The van der Waals surface area contributed by atoms with Gasteiger partial charge in [-0.25, -0.2) is 0 Å². The molecule has 11 heavy (non-hydrogen) atoms. The maximum atomic E-state index is 4.27. The molecule has 4 heteroatoms. The Balaban J connectivity index is 0.000001000. The van der Waals surface area contributed by atoms with Gasteiger partial charge in [-0.15, -0.1) is 0 Å². The van der Waals surface area contributed by atoms with Crippen molar-refractivity contribution in [1.82, 2.24) is 0 Å². The molecule has 0 spiro atoms. The molecule has 0 aliphatic carbocycles.